The number of aryl methyl sites for hydroxylation is 2. The van der Waals surface area contributed by atoms with Crippen LogP contribution in [0, 0.1) is 42.4 Å². The van der Waals surface area contributed by atoms with Crippen molar-refractivity contribution in [2.45, 2.75) is 238 Å². The molecule has 35 heteroatoms. The fourth-order valence-corrected chi connectivity index (χ4v) is 20.3. The van der Waals surface area contributed by atoms with Crippen molar-refractivity contribution in [2.75, 3.05) is 141 Å². The summed E-state index contributed by atoms with van der Waals surface area (Å²) in [6, 6.07) is 12.8. The maximum Gasteiger partial charge on any atom is 0.329 e. The molecule has 0 spiro atoms. The number of aromatic nitrogens is 5. The van der Waals surface area contributed by atoms with Gasteiger partial charge in [0.2, 0.25) is 23.6 Å². The lowest BCUT2D eigenvalue weighted by Gasteiger charge is -2.43. The van der Waals surface area contributed by atoms with E-state index in [1.165, 1.54) is 36.5 Å². The number of pyridine rings is 1. The van der Waals surface area contributed by atoms with E-state index in [9.17, 15) is 62.1 Å². The minimum atomic E-state index is -3.75. The maximum atomic E-state index is 14.7. The molecule has 5 fully saturated rings. The largest absolute Gasteiger partial charge is 0.491 e. The first kappa shape index (κ1) is 107. The Bertz CT molecular complexity index is 5130. The molecular formula is C102H143N13O21S. The van der Waals surface area contributed by atoms with Gasteiger partial charge in [-0.15, -0.1) is 0 Å². The number of amides is 4. The monoisotopic (exact) mass is 1920 g/mol. The summed E-state index contributed by atoms with van der Waals surface area (Å²) in [6.45, 7) is 27.4. The Morgan fingerprint density at radius 2 is 1.42 bits per heavy atom. The number of hydrogen-bond donors (Lipinski definition) is 5. The lowest BCUT2D eigenvalue weighted by atomic mass is 9.78. The highest BCUT2D eigenvalue weighted by molar-refractivity contribution is 7.91. The molecule has 4 saturated heterocycles. The third-order valence-electron chi connectivity index (χ3n) is 27.7. The lowest BCUT2D eigenvalue weighted by molar-refractivity contribution is -0.265. The van der Waals surface area contributed by atoms with E-state index >= 15 is 0 Å². The molecule has 7 aliphatic rings. The number of nitrogen functional groups attached to an aromatic ring is 1. The van der Waals surface area contributed by atoms with Crippen LogP contribution < -0.4 is 25.6 Å². The number of cyclic esters (lactones) is 1. The third kappa shape index (κ3) is 29.2. The SMILES string of the molecule is CCN1CCN(c2ncc(C(=O)NCCS(=O)(=O)c3ccc(C(=O)N4CCOc5ccc(-c6ccc(N)nc6)cc5C4)c(C)c3)cn2)CC1.CCOCCC(=O)N1CCN(c2ncc(CCC(=O)O[C@@H]3CC[C@@H](C[C@@H](C)[C@@H]4C[C@@H](O)[C@H](C)/C=C(\C)[C@@H](O)[C@@H](OC)C(=O)[C@H](C)C[C@H](C)/C=C/C=C/C=C(\C)[C@@H](OC)C[C@@H]5CC[C@@H](C)[C@@](O)(O5)C(=O)C(=O)N5CCCC[C@H]5C(=O)O4)C[C@H]3OC)cn2)CC1. The molecule has 6 N–H and O–H groups in total. The number of rotatable bonds is 24. The molecule has 16 atom stereocenters. The maximum absolute atomic E-state index is 14.7. The summed E-state index contributed by atoms with van der Waals surface area (Å²) in [5.41, 5.74) is 11.7. The average Bonchev–Trinajstić information content (AvgIpc) is 1.11. The zero-order chi connectivity index (χ0) is 98.8. The van der Waals surface area contributed by atoms with Gasteiger partial charge in [-0.2, -0.15) is 0 Å². The molecule has 6 aliphatic heterocycles. The second kappa shape index (κ2) is 51.0. The summed E-state index contributed by atoms with van der Waals surface area (Å²) in [5.74, 6) is -6.77. The molecule has 0 radical (unpaired) electrons. The number of likely N-dealkylation sites (N-methyl/N-ethyl adjacent to an activating group) is 1. The van der Waals surface area contributed by atoms with Crippen molar-refractivity contribution in [3.05, 3.63) is 155 Å². The molecule has 137 heavy (non-hydrogen) atoms. The first-order valence-electron chi connectivity index (χ1n) is 48.6. The number of benzene rings is 2. The van der Waals surface area contributed by atoms with Crippen molar-refractivity contribution < 1.29 is 100.0 Å². The van der Waals surface area contributed by atoms with Crippen LogP contribution in [0.5, 0.6) is 5.75 Å². The Balaban J connectivity index is 0.000000308. The quantitative estimate of drug-likeness (QED) is 0.0166. The minimum Gasteiger partial charge on any atom is -0.491 e. The number of allylic oxidation sites excluding steroid dienone is 5. The number of ether oxygens (including phenoxy) is 8. The number of hydrogen-bond acceptors (Lipinski definition) is 30. The van der Waals surface area contributed by atoms with Crippen LogP contribution in [0.3, 0.4) is 0 Å². The smallest absolute Gasteiger partial charge is 0.329 e. The van der Waals surface area contributed by atoms with Crippen LogP contribution in [0.4, 0.5) is 17.7 Å². The van der Waals surface area contributed by atoms with Crippen molar-refractivity contribution in [1.29, 1.82) is 0 Å². The van der Waals surface area contributed by atoms with Crippen LogP contribution in [-0.4, -0.2) is 301 Å². The van der Waals surface area contributed by atoms with Crippen LogP contribution in [0.15, 0.2) is 132 Å². The Kier molecular flexibility index (Phi) is 39.9. The molecule has 12 rings (SSSR count). The number of sulfone groups is 1. The number of aliphatic hydroxyl groups excluding tert-OH is 2. The molecule has 0 unspecified atom stereocenters. The van der Waals surface area contributed by atoms with Gasteiger partial charge in [0.1, 0.15) is 48.6 Å². The average molecular weight is 1920 g/mol. The Morgan fingerprint density at radius 3 is 2.09 bits per heavy atom. The number of aliphatic hydroxyl groups is 3. The standard InChI is InChI=1S/C67H103N5O16.C35H40N8O5S/c1-12-85-33-27-58(74)70-29-31-71(32-30-70)66-68-40-50(41-69-66)23-26-59(75)86-54-25-22-49(37-57(54)83-10)36-45(5)56-39-53(73)44(4)35-47(7)61(77)62(84-11)60(76)46(6)34-42(2)18-14-13-15-19-43(3)55(82-9)38-51-24-21-48(8)67(81,88-51)63(78)64(79)72-28-17-16-20-52(72)65(80)87-56;1-3-41-11-13-42(14-12-41)35-39-21-28(22-40-35)33(44)37-10-17-49(46,47)29-6-7-30(24(2)18-29)34(45)43-15-16-48-31-8-4-25(19-27(31)23-43)26-5-9-32(36)38-20-26/h13-15,18-19,35,40-42,44-46,48-49,51-57,61-62,73,77,81H,12,16-17,20-34,36-39H2,1-11H3;4-9,18-22H,3,10-17,23H2,1-2H3,(H2,36,38)(H,37,44)/b15-13+,18-14+,43-19+,47-35+;/t42-,44-,45-,46-,48-,49+,51+,52+,53-,54-,55+,56+,57-,61-,62+,67-;/m1./s1. The number of nitrogens with one attached hydrogen (secondary N) is 1. The number of anilines is 3. The second-order valence-corrected chi connectivity index (χ2v) is 39.7. The Morgan fingerprint density at radius 1 is 0.708 bits per heavy atom. The number of carbonyl (C=O) groups excluding carboxylic acids is 8. The van der Waals surface area contributed by atoms with Crippen molar-refractivity contribution in [2.24, 2.45) is 35.5 Å². The highest BCUT2D eigenvalue weighted by atomic mass is 32.2. The number of piperidine rings is 1. The number of nitrogens with zero attached hydrogens (tertiary/aromatic N) is 11. The summed E-state index contributed by atoms with van der Waals surface area (Å²) < 4.78 is 73.9. The zero-order valence-corrected chi connectivity index (χ0v) is 82.7. The fourth-order valence-electron chi connectivity index (χ4n) is 19.1. The topological polar surface area (TPSA) is 427 Å². The predicted molar refractivity (Wildman–Crippen MR) is 517 cm³/mol. The van der Waals surface area contributed by atoms with Crippen molar-refractivity contribution in [3.8, 4) is 16.9 Å². The van der Waals surface area contributed by atoms with Gasteiger partial charge in [0.15, 0.2) is 15.6 Å². The van der Waals surface area contributed by atoms with Crippen LogP contribution in [-0.2, 0) is 84.7 Å². The van der Waals surface area contributed by atoms with Gasteiger partial charge >= 0.3 is 11.9 Å². The zero-order valence-electron chi connectivity index (χ0n) is 81.9. The van der Waals surface area contributed by atoms with Gasteiger partial charge in [-0.05, 0) is 193 Å². The molecular weight excluding hydrogens is 1780 g/mol. The van der Waals surface area contributed by atoms with E-state index in [0.717, 1.165) is 60.6 Å². The van der Waals surface area contributed by atoms with Crippen molar-refractivity contribution in [1.82, 2.24) is 49.8 Å². The molecule has 1 saturated carbocycles. The van der Waals surface area contributed by atoms with Crippen molar-refractivity contribution >= 4 is 74.7 Å². The molecule has 1 aliphatic carbocycles. The highest BCUT2D eigenvalue weighted by Gasteiger charge is 2.53. The Labute approximate surface area is 806 Å². The lowest BCUT2D eigenvalue weighted by Crippen LogP contribution is -2.61. The first-order valence-corrected chi connectivity index (χ1v) is 50.2. The summed E-state index contributed by atoms with van der Waals surface area (Å²) in [5, 5.41) is 38.4. The number of nitrogens with two attached hydrogens (primary N) is 1. The summed E-state index contributed by atoms with van der Waals surface area (Å²) >= 11 is 0. The molecule has 3 aromatic heterocycles. The van der Waals surface area contributed by atoms with E-state index in [1.807, 2.05) is 99.1 Å². The van der Waals surface area contributed by atoms with Crippen molar-refractivity contribution in [3.63, 3.8) is 0 Å². The van der Waals surface area contributed by atoms with Crippen LogP contribution in [0.2, 0.25) is 0 Å². The van der Waals surface area contributed by atoms with E-state index in [-0.39, 0.29) is 89.9 Å². The molecule has 748 valence electrons. The number of fused-ring (bicyclic) bond motifs is 4. The second-order valence-electron chi connectivity index (χ2n) is 37.6. The molecule has 5 aromatic rings. The number of ketones is 2. The fraction of sp³-hybridized carbons (Fsp3) is 0.598. The number of Topliss-reactive ketones (excluding diaryl/α,β-unsaturated/α-hetero) is 2. The van der Waals surface area contributed by atoms with Gasteiger partial charge in [-0.3, -0.25) is 33.6 Å². The van der Waals surface area contributed by atoms with Crippen LogP contribution >= 0.6 is 0 Å². The van der Waals surface area contributed by atoms with Gasteiger partial charge in [0.25, 0.3) is 23.5 Å². The third-order valence-corrected chi connectivity index (χ3v) is 29.4. The molecule has 34 nitrogen and oxygen atoms in total. The van der Waals surface area contributed by atoms with Crippen LogP contribution in [0.1, 0.15) is 190 Å². The summed E-state index contributed by atoms with van der Waals surface area (Å²) in [4.78, 5) is 143. The van der Waals surface area contributed by atoms with E-state index in [1.54, 1.807) is 83.6 Å². The van der Waals surface area contributed by atoms with E-state index < -0.39 is 112 Å². The Hall–Kier alpha value is -10.3. The summed E-state index contributed by atoms with van der Waals surface area (Å²) in [6.07, 6.45) is 18.9. The normalized spacial score (nSPS) is 27.8. The molecule has 4 amide bonds. The van der Waals surface area contributed by atoms with E-state index in [4.69, 9.17) is 43.6 Å². The predicted octanol–water partition coefficient (Wildman–Crippen LogP) is 9.83. The summed E-state index contributed by atoms with van der Waals surface area (Å²) in [7, 11) is 0.804. The van der Waals surface area contributed by atoms with Crippen LogP contribution in [0.25, 0.3) is 11.1 Å². The van der Waals surface area contributed by atoms with Gasteiger partial charge in [-0.1, -0.05) is 84.1 Å². The number of piperazine rings is 2. The number of methoxy groups -OCH3 is 3. The van der Waals surface area contributed by atoms with E-state index in [2.05, 4.69) is 47.0 Å². The van der Waals surface area contributed by atoms with E-state index in [0.29, 0.717) is 176 Å². The minimum absolute atomic E-state index is 0.00346. The number of carbonyl (C=O) groups is 8. The molecule has 2 bridgehead atoms. The number of esters is 2. The van der Waals surface area contributed by atoms with Gasteiger partial charge in [0, 0.05) is 185 Å². The van der Waals surface area contributed by atoms with Gasteiger partial charge in [0.05, 0.1) is 60.2 Å². The molecule has 9 heterocycles. The van der Waals surface area contributed by atoms with Gasteiger partial charge in [-0.25, -0.2) is 38.1 Å². The first-order chi connectivity index (χ1) is 65.6. The van der Waals surface area contributed by atoms with Gasteiger partial charge < -0.3 is 93.7 Å². The highest BCUT2D eigenvalue weighted by Crippen LogP contribution is 2.40. The molecule has 2 aromatic carbocycles.